The van der Waals surface area contributed by atoms with Gasteiger partial charge in [0.2, 0.25) is 5.78 Å². The summed E-state index contributed by atoms with van der Waals surface area (Å²) in [7, 11) is 1.34. The number of carbonyl (C=O) groups is 1. The third-order valence-electron chi connectivity index (χ3n) is 12.4. The fourth-order valence-corrected chi connectivity index (χ4v) is 19.0. The van der Waals surface area contributed by atoms with Crippen LogP contribution in [0.1, 0.15) is 90.4 Å². The number of thiophene rings is 1. The number of hydrogen-bond acceptors (Lipinski definition) is 3. The molecule has 0 radical (unpaired) electrons. The van der Waals surface area contributed by atoms with Crippen molar-refractivity contribution in [3.05, 3.63) is 161 Å². The first kappa shape index (κ1) is 47.8. The molecule has 3 fully saturated rings. The van der Waals surface area contributed by atoms with Gasteiger partial charge in [-0.1, -0.05) is 72.8 Å². The number of carbonyl (C=O) groups excluding carboxylic acids is 1. The van der Waals surface area contributed by atoms with E-state index in [9.17, 15) is 15.0 Å². The van der Waals surface area contributed by atoms with Crippen LogP contribution >= 0.6 is 10.5 Å². The van der Waals surface area contributed by atoms with Crippen LogP contribution in [0.15, 0.2) is 143 Å². The second-order valence-electron chi connectivity index (χ2n) is 17.4. The maximum atomic E-state index is 11.9. The van der Waals surface area contributed by atoms with E-state index in [2.05, 4.69) is 105 Å². The molecule has 0 spiro atoms. The third kappa shape index (κ3) is 12.6. The fraction of sp³-hybridized carbons (Fsp3) is 0.351. The molecule has 6 aromatic carbocycles. The predicted molar refractivity (Wildman–Crippen MR) is 285 cm³/mol. The maximum absolute atomic E-state index is 11.9. The van der Waals surface area contributed by atoms with Gasteiger partial charge in [-0.15, -0.1) is 0 Å². The number of phenols is 2. The molecule has 3 saturated heterocycles. The summed E-state index contributed by atoms with van der Waals surface area (Å²) < 4.78 is 2.91. The highest BCUT2D eigenvalue weighted by molar-refractivity contribution is 7.97. The number of ketones is 1. The Bertz CT molecular complexity index is 2470. The lowest BCUT2D eigenvalue weighted by Crippen LogP contribution is -2.25. The highest BCUT2D eigenvalue weighted by atomic mass is 32.2. The minimum Gasteiger partial charge on any atom is -0.508 e. The second-order valence-corrected chi connectivity index (χ2v) is 26.1. The quantitative estimate of drug-likeness (QED) is 0.129. The molecular weight excluding hydrogens is 861 g/mol. The Kier molecular flexibility index (Phi) is 17.8. The molecule has 0 atom stereocenters. The van der Waals surface area contributed by atoms with Crippen molar-refractivity contribution >= 4 is 69.1 Å². The number of rotatable bonds is 6. The average Bonchev–Trinajstić information content (AvgIpc) is 3.67. The highest BCUT2D eigenvalue weighted by Crippen LogP contribution is 2.48. The van der Waals surface area contributed by atoms with Gasteiger partial charge in [-0.2, -0.15) is 0 Å². The summed E-state index contributed by atoms with van der Waals surface area (Å²) in [5.41, 5.74) is 5.50. The maximum Gasteiger partial charge on any atom is 0.211 e. The van der Waals surface area contributed by atoms with Crippen LogP contribution in [-0.4, -0.2) is 56.3 Å². The highest BCUT2D eigenvalue weighted by Gasteiger charge is 2.29. The van der Waals surface area contributed by atoms with Crippen LogP contribution in [0.3, 0.4) is 0 Å². The van der Waals surface area contributed by atoms with Crippen molar-refractivity contribution in [2.45, 2.75) is 95.3 Å². The Hall–Kier alpha value is -4.14. The smallest absolute Gasteiger partial charge is 0.211 e. The van der Waals surface area contributed by atoms with E-state index in [1.807, 2.05) is 56.3 Å². The van der Waals surface area contributed by atoms with E-state index in [0.29, 0.717) is 50.0 Å². The topological polar surface area (TPSA) is 57.5 Å². The lowest BCUT2D eigenvalue weighted by atomic mass is 10.1. The molecule has 3 nitrogen and oxygen atoms in total. The molecule has 0 amide bonds. The molecule has 7 aromatic rings. The number of phenolic OH excluding ortho intramolecular Hbond substituents is 2. The van der Waals surface area contributed by atoms with Gasteiger partial charge in [0, 0.05) is 59.7 Å². The minimum absolute atomic E-state index is 0.0594. The Morgan fingerprint density at radius 1 is 0.469 bits per heavy atom. The molecule has 3 aliphatic heterocycles. The first-order chi connectivity index (χ1) is 31.2. The van der Waals surface area contributed by atoms with Crippen molar-refractivity contribution in [1.82, 2.24) is 0 Å². The number of hydrogen-bond donors (Lipinski definition) is 2. The summed E-state index contributed by atoms with van der Waals surface area (Å²) >= 11 is 0. The van der Waals surface area contributed by atoms with E-state index in [1.54, 1.807) is 0 Å². The monoisotopic (exact) mass is 928 g/mol. The van der Waals surface area contributed by atoms with Gasteiger partial charge in [0.1, 0.15) is 46.0 Å². The van der Waals surface area contributed by atoms with Gasteiger partial charge in [0.25, 0.3) is 0 Å². The minimum atomic E-state index is 0.0594. The number of aromatic hydroxyl groups is 2. The molecule has 1 aromatic heterocycles. The molecule has 10 rings (SSSR count). The summed E-state index contributed by atoms with van der Waals surface area (Å²) in [4.78, 5) is 16.3. The van der Waals surface area contributed by atoms with Crippen LogP contribution in [0, 0.1) is 27.7 Å². The zero-order valence-corrected chi connectivity index (χ0v) is 41.7. The second kappa shape index (κ2) is 23.9. The average molecular weight is 929 g/mol. The SMILES string of the molecule is Cc1cc(O)cc(C)c1[S+]1CCCCC1.Cc1cc([S+]2CCCCC2)cc(C)c1O.O=C(C[S+]1CCCCC1)c1ccccc1.c1ccc(-[s+]2c3ccccc3c3ccccc32)cc1. The zero-order chi connectivity index (χ0) is 44.8. The van der Waals surface area contributed by atoms with Gasteiger partial charge in [-0.05, 0) is 168 Å². The first-order valence-electron chi connectivity index (χ1n) is 23.3. The molecule has 3 aliphatic rings. The zero-order valence-electron chi connectivity index (χ0n) is 38.5. The van der Waals surface area contributed by atoms with Crippen LogP contribution in [0.4, 0.5) is 0 Å². The van der Waals surface area contributed by atoms with Crippen LogP contribution in [0.2, 0.25) is 0 Å². The van der Waals surface area contributed by atoms with E-state index in [1.165, 1.54) is 138 Å². The van der Waals surface area contributed by atoms with Crippen molar-refractivity contribution in [2.24, 2.45) is 0 Å². The molecule has 2 N–H and O–H groups in total. The Labute approximate surface area is 394 Å². The summed E-state index contributed by atoms with van der Waals surface area (Å²) in [5, 5.41) is 22.0. The van der Waals surface area contributed by atoms with Crippen LogP contribution in [-0.2, 0) is 32.7 Å². The fourth-order valence-electron chi connectivity index (χ4n) is 9.16. The van der Waals surface area contributed by atoms with Crippen molar-refractivity contribution < 1.29 is 15.0 Å². The van der Waals surface area contributed by atoms with E-state index in [4.69, 9.17) is 0 Å². The van der Waals surface area contributed by atoms with Crippen molar-refractivity contribution in [3.8, 4) is 16.4 Å². The molecule has 7 heteroatoms. The summed E-state index contributed by atoms with van der Waals surface area (Å²) in [5.74, 6) is 9.96. The summed E-state index contributed by atoms with van der Waals surface area (Å²) in [6, 6.07) is 46.3. The molecule has 64 heavy (non-hydrogen) atoms. The Morgan fingerprint density at radius 2 is 0.906 bits per heavy atom. The van der Waals surface area contributed by atoms with E-state index in [0.717, 1.165) is 22.4 Å². The molecule has 4 heterocycles. The van der Waals surface area contributed by atoms with Crippen molar-refractivity contribution in [1.29, 1.82) is 0 Å². The van der Waals surface area contributed by atoms with Crippen LogP contribution in [0.25, 0.3) is 25.1 Å². The standard InChI is InChI=1S/C18H13S.2C13H18OS.C13H17OS/c1-2-8-14(9-3-1)19-17-12-6-4-10-15(17)16-11-5-7-13-18(16)19;1-10-8-12(9-11(2)13(10)14)15-6-4-3-5-7-15;1-10-8-12(14)9-11(2)13(10)15-6-4-3-5-7-15;14-13(12-7-3-1-4-8-12)11-15-9-5-2-6-10-15/h1-13H;2*8-9H,3-7H2,1-2H3;1,3-4,7-8H,2,5-6,9-11H2/q+1;;;+1/p+2. The molecule has 334 valence electrons. The molecule has 0 aliphatic carbocycles. The van der Waals surface area contributed by atoms with E-state index in [-0.39, 0.29) is 10.5 Å². The molecule has 0 unspecified atom stereocenters. The Balaban J connectivity index is 0.000000128. The number of fused-ring (bicyclic) bond motifs is 3. The summed E-state index contributed by atoms with van der Waals surface area (Å²) in [6.45, 7) is 8.26. The summed E-state index contributed by atoms with van der Waals surface area (Å²) in [6.07, 6.45) is 12.3. The largest absolute Gasteiger partial charge is 0.508 e. The number of Topliss-reactive ketones (excluding diaryl/α,β-unsaturated/α-hetero) is 1. The van der Waals surface area contributed by atoms with Gasteiger partial charge < -0.3 is 10.2 Å². The van der Waals surface area contributed by atoms with E-state index < -0.39 is 0 Å². The predicted octanol–water partition coefficient (Wildman–Crippen LogP) is 14.7. The Morgan fingerprint density at radius 3 is 1.42 bits per heavy atom. The van der Waals surface area contributed by atoms with Gasteiger partial charge in [0.05, 0.1) is 0 Å². The molecule has 0 saturated carbocycles. The van der Waals surface area contributed by atoms with Gasteiger partial charge in [-0.25, -0.2) is 0 Å². The van der Waals surface area contributed by atoms with Crippen LogP contribution < -0.4 is 0 Å². The van der Waals surface area contributed by atoms with Gasteiger partial charge in [0.15, 0.2) is 29.8 Å². The van der Waals surface area contributed by atoms with Gasteiger partial charge in [-0.3, -0.25) is 4.79 Å². The van der Waals surface area contributed by atoms with Crippen molar-refractivity contribution in [3.63, 3.8) is 0 Å². The van der Waals surface area contributed by atoms with Crippen LogP contribution in [0.5, 0.6) is 11.5 Å². The first-order valence-corrected chi connectivity index (χ1v) is 29.4. The van der Waals surface area contributed by atoms with Crippen molar-refractivity contribution in [2.75, 3.05) is 40.3 Å². The number of aryl methyl sites for hydroxylation is 4. The number of benzene rings is 6. The lowest BCUT2D eigenvalue weighted by Gasteiger charge is -2.16. The van der Waals surface area contributed by atoms with E-state index >= 15 is 0 Å². The third-order valence-corrected chi connectivity index (χ3v) is 22.4. The van der Waals surface area contributed by atoms with Gasteiger partial charge >= 0.3 is 0 Å². The lowest BCUT2D eigenvalue weighted by molar-refractivity contribution is 0.102. The molecular formula is C57H68O3S4+4. The normalized spacial score (nSPS) is 15.9. The molecule has 0 bridgehead atoms.